The number of carbonyl (C=O) groups excluding carboxylic acids is 1. The lowest BCUT2D eigenvalue weighted by Crippen LogP contribution is -2.35. The zero-order valence-electron chi connectivity index (χ0n) is 6.99. The molecule has 2 aliphatic rings. The van der Waals surface area contributed by atoms with E-state index in [0.717, 1.165) is 19.3 Å². The largest absolute Gasteiger partial charge is 0.396 e. The topological polar surface area (TPSA) is 63.3 Å². The highest BCUT2D eigenvalue weighted by atomic mass is 16.3. The zero-order valence-corrected chi connectivity index (χ0v) is 6.99. The lowest BCUT2D eigenvalue weighted by atomic mass is 9.80. The van der Waals surface area contributed by atoms with Crippen LogP contribution in [-0.4, -0.2) is 17.6 Å². The van der Waals surface area contributed by atoms with Crippen molar-refractivity contribution in [1.82, 2.24) is 0 Å². The van der Waals surface area contributed by atoms with Gasteiger partial charge in [0.25, 0.3) is 0 Å². The van der Waals surface area contributed by atoms with Crippen LogP contribution in [0, 0.1) is 23.7 Å². The number of aliphatic hydroxyl groups is 1. The van der Waals surface area contributed by atoms with Crippen LogP contribution in [0.1, 0.15) is 19.3 Å². The van der Waals surface area contributed by atoms with E-state index < -0.39 is 0 Å². The Morgan fingerprint density at radius 1 is 1.75 bits per heavy atom. The van der Waals surface area contributed by atoms with Crippen LogP contribution >= 0.6 is 0 Å². The van der Waals surface area contributed by atoms with Crippen LogP contribution in [0.25, 0.3) is 0 Å². The molecular weight excluding hydrogens is 154 g/mol. The Labute approximate surface area is 71.9 Å². The van der Waals surface area contributed by atoms with E-state index in [2.05, 4.69) is 0 Å². The highest BCUT2D eigenvalue weighted by Gasteiger charge is 2.53. The molecule has 0 aromatic carbocycles. The number of primary amides is 1. The smallest absolute Gasteiger partial charge is 0.223 e. The van der Waals surface area contributed by atoms with Crippen molar-refractivity contribution in [2.75, 3.05) is 6.61 Å². The lowest BCUT2D eigenvalue weighted by Gasteiger charge is -2.25. The molecule has 0 aromatic heterocycles. The summed E-state index contributed by atoms with van der Waals surface area (Å²) in [6, 6.07) is 0. The fourth-order valence-electron chi connectivity index (χ4n) is 2.69. The third-order valence-electron chi connectivity index (χ3n) is 3.43. The molecule has 2 bridgehead atoms. The van der Waals surface area contributed by atoms with E-state index in [0.29, 0.717) is 5.92 Å². The van der Waals surface area contributed by atoms with E-state index in [9.17, 15) is 4.79 Å². The molecule has 3 atom stereocenters. The number of nitrogens with two attached hydrogens (primary N) is 1. The van der Waals surface area contributed by atoms with Crippen LogP contribution in [0.5, 0.6) is 0 Å². The average Bonchev–Trinajstić information content (AvgIpc) is 2.61. The van der Waals surface area contributed by atoms with E-state index >= 15 is 0 Å². The van der Waals surface area contributed by atoms with Gasteiger partial charge in [-0.05, 0) is 37.5 Å². The number of hydrogen-bond acceptors (Lipinski definition) is 2. The summed E-state index contributed by atoms with van der Waals surface area (Å²) in [6.45, 7) is 0.166. The van der Waals surface area contributed by atoms with Crippen molar-refractivity contribution in [1.29, 1.82) is 0 Å². The highest BCUT2D eigenvalue weighted by molar-refractivity contribution is 5.83. The summed E-state index contributed by atoms with van der Waals surface area (Å²) in [4.78, 5) is 11.2. The number of hydrogen-bond donors (Lipinski definition) is 2. The minimum Gasteiger partial charge on any atom is -0.396 e. The van der Waals surface area contributed by atoms with Crippen molar-refractivity contribution in [2.24, 2.45) is 23.0 Å². The summed E-state index contributed by atoms with van der Waals surface area (Å²) in [7, 11) is 0. The summed E-state index contributed by atoms with van der Waals surface area (Å²) in [5.41, 5.74) is 4.97. The van der Waals surface area contributed by atoms with Gasteiger partial charge in [-0.15, -0.1) is 0 Å². The Balaban J connectivity index is 2.17. The van der Waals surface area contributed by atoms with Crippen molar-refractivity contribution in [2.45, 2.75) is 19.3 Å². The van der Waals surface area contributed by atoms with Crippen LogP contribution < -0.4 is 5.73 Å². The minimum absolute atomic E-state index is 0.166. The highest BCUT2D eigenvalue weighted by Crippen LogP contribution is 2.55. The SMILES string of the molecule is NC(=O)C12[CH][C@H](CO)C(CC1)C2. The second kappa shape index (κ2) is 2.46. The number of carbonyl (C=O) groups is 1. The lowest BCUT2D eigenvalue weighted by molar-refractivity contribution is -0.125. The van der Waals surface area contributed by atoms with Gasteiger partial charge in [0.05, 0.1) is 5.41 Å². The fourth-order valence-corrected chi connectivity index (χ4v) is 2.69. The standard InChI is InChI=1S/C9H14NO2/c10-8(12)9-2-1-6(3-9)7(4-9)5-11/h4,6-7,11H,1-3,5H2,(H2,10,12)/t6?,7-,9?/m1/s1. The van der Waals surface area contributed by atoms with E-state index in [-0.39, 0.29) is 23.8 Å². The molecule has 3 heteroatoms. The zero-order chi connectivity index (χ0) is 8.77. The first-order valence-electron chi connectivity index (χ1n) is 4.45. The van der Waals surface area contributed by atoms with Crippen molar-refractivity contribution in [3.63, 3.8) is 0 Å². The number of aliphatic hydroxyl groups excluding tert-OH is 1. The van der Waals surface area contributed by atoms with Crippen molar-refractivity contribution in [3.05, 3.63) is 6.42 Å². The number of fused-ring (bicyclic) bond motifs is 2. The first-order valence-corrected chi connectivity index (χ1v) is 4.45. The van der Waals surface area contributed by atoms with Gasteiger partial charge in [0.1, 0.15) is 0 Å². The predicted molar refractivity (Wildman–Crippen MR) is 43.8 cm³/mol. The maximum Gasteiger partial charge on any atom is 0.223 e. The third-order valence-corrected chi connectivity index (χ3v) is 3.43. The molecule has 2 rings (SSSR count). The molecule has 0 saturated heterocycles. The van der Waals surface area contributed by atoms with Gasteiger partial charge in [-0.1, -0.05) is 0 Å². The normalized spacial score (nSPS) is 45.1. The summed E-state index contributed by atoms with van der Waals surface area (Å²) < 4.78 is 0. The van der Waals surface area contributed by atoms with Crippen LogP contribution in [-0.2, 0) is 4.79 Å². The molecule has 2 saturated carbocycles. The van der Waals surface area contributed by atoms with Crippen LogP contribution in [0.3, 0.4) is 0 Å². The molecule has 0 aliphatic heterocycles. The van der Waals surface area contributed by atoms with Gasteiger partial charge in [0, 0.05) is 6.61 Å². The van der Waals surface area contributed by atoms with Crippen molar-refractivity contribution in [3.8, 4) is 0 Å². The predicted octanol–water partition coefficient (Wildman–Crippen LogP) is 0.0846. The van der Waals surface area contributed by atoms with Gasteiger partial charge in [-0.2, -0.15) is 0 Å². The summed E-state index contributed by atoms with van der Waals surface area (Å²) in [5, 5.41) is 9.00. The molecule has 12 heavy (non-hydrogen) atoms. The quantitative estimate of drug-likeness (QED) is 0.613. The van der Waals surface area contributed by atoms with Crippen LogP contribution in [0.15, 0.2) is 0 Å². The van der Waals surface area contributed by atoms with Crippen molar-refractivity contribution >= 4 is 5.91 Å². The van der Waals surface area contributed by atoms with Gasteiger partial charge >= 0.3 is 0 Å². The fraction of sp³-hybridized carbons (Fsp3) is 0.778. The number of rotatable bonds is 2. The molecule has 67 valence electrons. The molecule has 3 N–H and O–H groups in total. The van der Waals surface area contributed by atoms with Gasteiger partial charge in [-0.3, -0.25) is 4.79 Å². The Hall–Kier alpha value is -0.570. The van der Waals surface area contributed by atoms with E-state index in [1.54, 1.807) is 0 Å². The van der Waals surface area contributed by atoms with Crippen LogP contribution in [0.2, 0.25) is 0 Å². The molecule has 2 fully saturated rings. The second-order valence-electron chi connectivity index (χ2n) is 4.04. The first-order chi connectivity index (χ1) is 5.68. The van der Waals surface area contributed by atoms with E-state index in [4.69, 9.17) is 10.8 Å². The maximum absolute atomic E-state index is 11.2. The summed E-state index contributed by atoms with van der Waals surface area (Å²) in [6.07, 6.45) is 4.78. The summed E-state index contributed by atoms with van der Waals surface area (Å²) in [5.74, 6) is 0.509. The molecule has 1 amide bonds. The van der Waals surface area contributed by atoms with E-state index in [1.165, 1.54) is 0 Å². The minimum atomic E-state index is -0.363. The average molecular weight is 168 g/mol. The molecule has 2 aliphatic carbocycles. The molecule has 0 heterocycles. The Kier molecular flexibility index (Phi) is 1.65. The van der Waals surface area contributed by atoms with Gasteiger partial charge in [0.2, 0.25) is 5.91 Å². The Morgan fingerprint density at radius 2 is 2.50 bits per heavy atom. The molecule has 3 nitrogen and oxygen atoms in total. The molecule has 2 unspecified atom stereocenters. The maximum atomic E-state index is 11.2. The van der Waals surface area contributed by atoms with Gasteiger partial charge < -0.3 is 10.8 Å². The Bertz CT molecular complexity index is 217. The Morgan fingerprint density at radius 3 is 2.92 bits per heavy atom. The molecule has 0 aromatic rings. The van der Waals surface area contributed by atoms with Crippen molar-refractivity contribution < 1.29 is 9.90 Å². The third kappa shape index (κ3) is 0.891. The number of amides is 1. The molecule has 0 spiro atoms. The van der Waals surface area contributed by atoms with Gasteiger partial charge in [0.15, 0.2) is 0 Å². The molecular formula is C9H14NO2. The summed E-state index contributed by atoms with van der Waals surface area (Å²) >= 11 is 0. The van der Waals surface area contributed by atoms with Crippen LogP contribution in [0.4, 0.5) is 0 Å². The van der Waals surface area contributed by atoms with E-state index in [1.807, 2.05) is 6.42 Å². The second-order valence-corrected chi connectivity index (χ2v) is 4.04. The molecule has 1 radical (unpaired) electrons. The monoisotopic (exact) mass is 168 g/mol. The van der Waals surface area contributed by atoms with Gasteiger partial charge in [-0.25, -0.2) is 0 Å². The first kappa shape index (κ1) is 8.05.